The molecule has 1 aliphatic heterocycles. The normalized spacial score (nSPS) is 12.1. The van der Waals surface area contributed by atoms with Gasteiger partial charge in [-0.1, -0.05) is 6.07 Å². The smallest absolute Gasteiger partial charge is 0.270 e. The average Bonchev–Trinajstić information content (AvgIpc) is 3.07. The number of amides is 2. The quantitative estimate of drug-likeness (QED) is 0.867. The molecule has 0 aliphatic carbocycles. The van der Waals surface area contributed by atoms with Crippen LogP contribution in [0, 0.1) is 0 Å². The van der Waals surface area contributed by atoms with E-state index in [4.69, 9.17) is 9.47 Å². The molecule has 1 aromatic carbocycles. The van der Waals surface area contributed by atoms with Crippen molar-refractivity contribution < 1.29 is 19.1 Å². The van der Waals surface area contributed by atoms with Crippen molar-refractivity contribution in [1.29, 1.82) is 0 Å². The van der Waals surface area contributed by atoms with E-state index in [1.807, 2.05) is 26.0 Å². The summed E-state index contributed by atoms with van der Waals surface area (Å²) < 4.78 is 10.6. The third kappa shape index (κ3) is 4.06. The molecule has 0 fully saturated rings. The summed E-state index contributed by atoms with van der Waals surface area (Å²) in [6.07, 6.45) is 1.45. The molecule has 0 atom stereocenters. The lowest BCUT2D eigenvalue weighted by Crippen LogP contribution is -2.30. The van der Waals surface area contributed by atoms with Gasteiger partial charge in [0.25, 0.3) is 11.8 Å². The number of rotatable bonds is 5. The van der Waals surface area contributed by atoms with Crippen LogP contribution in [0.5, 0.6) is 11.5 Å². The summed E-state index contributed by atoms with van der Waals surface area (Å²) in [5.74, 6) is 0.775. The molecule has 25 heavy (non-hydrogen) atoms. The van der Waals surface area contributed by atoms with Crippen LogP contribution in [0.3, 0.4) is 0 Å². The highest BCUT2D eigenvalue weighted by Crippen LogP contribution is 2.32. The van der Waals surface area contributed by atoms with Gasteiger partial charge in [0.05, 0.1) is 0 Å². The van der Waals surface area contributed by atoms with Crippen LogP contribution in [0.15, 0.2) is 36.5 Å². The number of pyridine rings is 1. The molecule has 3 rings (SSSR count). The minimum atomic E-state index is -0.350. The summed E-state index contributed by atoms with van der Waals surface area (Å²) in [6, 6.07) is 8.55. The number of carbonyl (C=O) groups is 2. The highest BCUT2D eigenvalue weighted by atomic mass is 16.7. The number of nitrogens with zero attached hydrogens (tertiary/aromatic N) is 1. The number of ether oxygens (including phenoxy) is 2. The van der Waals surface area contributed by atoms with Crippen molar-refractivity contribution in [3.8, 4) is 11.5 Å². The fourth-order valence-electron chi connectivity index (χ4n) is 2.37. The van der Waals surface area contributed by atoms with Crippen LogP contribution >= 0.6 is 0 Å². The maximum atomic E-state index is 12.3. The minimum absolute atomic E-state index is 0.0175. The summed E-state index contributed by atoms with van der Waals surface area (Å²) >= 11 is 0. The second-order valence-electron chi connectivity index (χ2n) is 5.93. The third-order valence-electron chi connectivity index (χ3n) is 3.56. The Labute approximate surface area is 145 Å². The molecule has 0 spiro atoms. The van der Waals surface area contributed by atoms with Gasteiger partial charge in [-0.3, -0.25) is 14.6 Å². The van der Waals surface area contributed by atoms with Crippen molar-refractivity contribution in [3.05, 3.63) is 53.3 Å². The number of fused-ring (bicyclic) bond motifs is 1. The van der Waals surface area contributed by atoms with Gasteiger partial charge in [0.15, 0.2) is 11.5 Å². The zero-order valence-electron chi connectivity index (χ0n) is 14.0. The summed E-state index contributed by atoms with van der Waals surface area (Å²) in [6.45, 7) is 4.27. The molecule has 0 saturated carbocycles. The van der Waals surface area contributed by atoms with E-state index in [1.54, 1.807) is 12.1 Å². The molecule has 2 aromatic rings. The Hall–Kier alpha value is -3.09. The van der Waals surface area contributed by atoms with Gasteiger partial charge in [-0.2, -0.15) is 0 Å². The first-order valence-electron chi connectivity index (χ1n) is 7.96. The Morgan fingerprint density at radius 1 is 1.12 bits per heavy atom. The van der Waals surface area contributed by atoms with Gasteiger partial charge in [0.2, 0.25) is 6.79 Å². The Bertz CT molecular complexity index is 805. The lowest BCUT2D eigenvalue weighted by molar-refractivity contribution is 0.0943. The molecular formula is C18H19N3O4. The first-order chi connectivity index (χ1) is 12.0. The highest BCUT2D eigenvalue weighted by molar-refractivity contribution is 5.98. The average molecular weight is 341 g/mol. The molecule has 0 saturated heterocycles. The number of carbonyl (C=O) groups excluding carboxylic acids is 2. The number of hydrogen-bond acceptors (Lipinski definition) is 5. The van der Waals surface area contributed by atoms with Crippen molar-refractivity contribution in [3.63, 3.8) is 0 Å². The molecule has 0 bridgehead atoms. The predicted octanol–water partition coefficient (Wildman–Crippen LogP) is 1.88. The number of nitrogens with one attached hydrogen (secondary N) is 2. The van der Waals surface area contributed by atoms with E-state index in [9.17, 15) is 9.59 Å². The van der Waals surface area contributed by atoms with E-state index in [1.165, 1.54) is 12.3 Å². The molecule has 2 N–H and O–H groups in total. The zero-order valence-corrected chi connectivity index (χ0v) is 14.0. The van der Waals surface area contributed by atoms with Crippen molar-refractivity contribution in [1.82, 2.24) is 15.6 Å². The first kappa shape index (κ1) is 16.8. The van der Waals surface area contributed by atoms with Crippen molar-refractivity contribution >= 4 is 11.8 Å². The maximum Gasteiger partial charge on any atom is 0.270 e. The van der Waals surface area contributed by atoms with Gasteiger partial charge in [-0.15, -0.1) is 0 Å². The molecule has 7 nitrogen and oxygen atoms in total. The van der Waals surface area contributed by atoms with Gasteiger partial charge in [-0.05, 0) is 43.7 Å². The number of hydrogen-bond donors (Lipinski definition) is 2. The van der Waals surface area contributed by atoms with Crippen LogP contribution in [0.2, 0.25) is 0 Å². The molecule has 2 heterocycles. The van der Waals surface area contributed by atoms with Crippen LogP contribution in [0.1, 0.15) is 40.3 Å². The van der Waals surface area contributed by atoms with Gasteiger partial charge >= 0.3 is 0 Å². The lowest BCUT2D eigenvalue weighted by Gasteiger charge is -2.09. The largest absolute Gasteiger partial charge is 0.454 e. The van der Waals surface area contributed by atoms with E-state index < -0.39 is 0 Å². The van der Waals surface area contributed by atoms with E-state index in [2.05, 4.69) is 15.6 Å². The van der Waals surface area contributed by atoms with Crippen LogP contribution in [0.25, 0.3) is 0 Å². The third-order valence-corrected chi connectivity index (χ3v) is 3.56. The lowest BCUT2D eigenvalue weighted by atomic mass is 10.2. The molecule has 1 aromatic heterocycles. The first-order valence-corrected chi connectivity index (χ1v) is 7.96. The standard InChI is InChI=1S/C18H19N3O4/c1-11(2)21-17(22)13-5-6-19-14(8-13)18(23)20-9-12-3-4-15-16(7-12)25-10-24-15/h3-8,11H,9-10H2,1-2H3,(H,20,23)(H,21,22). The summed E-state index contributed by atoms with van der Waals surface area (Å²) in [4.78, 5) is 28.3. The fourth-order valence-corrected chi connectivity index (χ4v) is 2.37. The molecular weight excluding hydrogens is 322 g/mol. The Morgan fingerprint density at radius 3 is 2.72 bits per heavy atom. The van der Waals surface area contributed by atoms with Crippen LogP contribution in [-0.2, 0) is 6.54 Å². The molecule has 130 valence electrons. The van der Waals surface area contributed by atoms with Crippen molar-refractivity contribution in [2.45, 2.75) is 26.4 Å². The van der Waals surface area contributed by atoms with Gasteiger partial charge < -0.3 is 20.1 Å². The van der Waals surface area contributed by atoms with Crippen LogP contribution < -0.4 is 20.1 Å². The Balaban J connectivity index is 1.64. The van der Waals surface area contributed by atoms with Crippen LogP contribution in [0.4, 0.5) is 0 Å². The highest BCUT2D eigenvalue weighted by Gasteiger charge is 2.15. The van der Waals surface area contributed by atoms with Gasteiger partial charge in [0.1, 0.15) is 5.69 Å². The van der Waals surface area contributed by atoms with Crippen molar-refractivity contribution in [2.75, 3.05) is 6.79 Å². The minimum Gasteiger partial charge on any atom is -0.454 e. The molecule has 7 heteroatoms. The van der Waals surface area contributed by atoms with Gasteiger partial charge in [0, 0.05) is 24.3 Å². The van der Waals surface area contributed by atoms with Gasteiger partial charge in [-0.25, -0.2) is 0 Å². The topological polar surface area (TPSA) is 89.6 Å². The second-order valence-corrected chi connectivity index (χ2v) is 5.93. The Kier molecular flexibility index (Phi) is 4.83. The van der Waals surface area contributed by atoms with E-state index >= 15 is 0 Å². The fraction of sp³-hybridized carbons (Fsp3) is 0.278. The second kappa shape index (κ2) is 7.21. The maximum absolute atomic E-state index is 12.3. The summed E-state index contributed by atoms with van der Waals surface area (Å²) in [5, 5.41) is 5.57. The summed E-state index contributed by atoms with van der Waals surface area (Å²) in [7, 11) is 0. The number of aromatic nitrogens is 1. The predicted molar refractivity (Wildman–Crippen MR) is 90.6 cm³/mol. The van der Waals surface area contributed by atoms with E-state index in [0.29, 0.717) is 23.6 Å². The molecule has 0 unspecified atom stereocenters. The molecule has 0 radical (unpaired) electrons. The number of benzene rings is 1. The molecule has 1 aliphatic rings. The SMILES string of the molecule is CC(C)NC(=O)c1ccnc(C(=O)NCc2ccc3c(c2)OCO3)c1. The van der Waals surface area contributed by atoms with Crippen molar-refractivity contribution in [2.24, 2.45) is 0 Å². The van der Waals surface area contributed by atoms with Crippen LogP contribution in [-0.4, -0.2) is 29.6 Å². The monoisotopic (exact) mass is 341 g/mol. The Morgan fingerprint density at radius 2 is 1.92 bits per heavy atom. The van der Waals surface area contributed by atoms with E-state index in [0.717, 1.165) is 5.56 Å². The summed E-state index contributed by atoms with van der Waals surface area (Å²) in [5.41, 5.74) is 1.47. The molecule has 2 amide bonds. The van der Waals surface area contributed by atoms with E-state index in [-0.39, 0.29) is 30.3 Å². The zero-order chi connectivity index (χ0) is 17.8.